The lowest BCUT2D eigenvalue weighted by Crippen LogP contribution is -2.30. The van der Waals surface area contributed by atoms with Gasteiger partial charge < -0.3 is 5.11 Å². The van der Waals surface area contributed by atoms with Crippen LogP contribution in [0.3, 0.4) is 0 Å². The number of benzene rings is 1. The summed E-state index contributed by atoms with van der Waals surface area (Å²) in [5, 5.41) is 8.89. The molecule has 3 nitrogen and oxygen atoms in total. The van der Waals surface area contributed by atoms with Crippen LogP contribution in [-0.4, -0.2) is 29.1 Å². The van der Waals surface area contributed by atoms with Crippen LogP contribution in [0.1, 0.15) is 31.9 Å². The Labute approximate surface area is 109 Å². The minimum atomic E-state index is -1.54. The summed E-state index contributed by atoms with van der Waals surface area (Å²) >= 11 is 0. The Bertz CT molecular complexity index is 438. The fourth-order valence-corrected chi connectivity index (χ4v) is 2.06. The van der Waals surface area contributed by atoms with Gasteiger partial charge in [-0.15, -0.1) is 0 Å². The van der Waals surface area contributed by atoms with Crippen LogP contribution in [0.25, 0.3) is 0 Å². The molecule has 0 saturated carbocycles. The third-order valence-corrected chi connectivity index (χ3v) is 3.01. The Kier molecular flexibility index (Phi) is 5.35. The van der Waals surface area contributed by atoms with Gasteiger partial charge in [-0.25, -0.2) is 13.2 Å². The molecule has 0 saturated heterocycles. The first-order chi connectivity index (χ1) is 8.90. The van der Waals surface area contributed by atoms with Crippen molar-refractivity contribution < 1.29 is 23.1 Å². The van der Waals surface area contributed by atoms with Crippen molar-refractivity contribution in [2.45, 2.75) is 26.3 Å². The first kappa shape index (κ1) is 15.5. The summed E-state index contributed by atoms with van der Waals surface area (Å²) in [4.78, 5) is 12.6. The fourth-order valence-electron chi connectivity index (χ4n) is 2.06. The van der Waals surface area contributed by atoms with E-state index in [9.17, 15) is 18.0 Å². The van der Waals surface area contributed by atoms with Crippen LogP contribution in [0.15, 0.2) is 12.1 Å². The number of aliphatic carboxylic acids is 1. The number of carbonyl (C=O) groups is 1. The lowest BCUT2D eigenvalue weighted by Gasteiger charge is -2.29. The molecular weight excluding hydrogens is 259 g/mol. The van der Waals surface area contributed by atoms with E-state index in [0.717, 1.165) is 12.1 Å². The van der Waals surface area contributed by atoms with Crippen molar-refractivity contribution >= 4 is 5.97 Å². The van der Waals surface area contributed by atoms with Crippen LogP contribution in [0.5, 0.6) is 0 Å². The van der Waals surface area contributed by atoms with Crippen molar-refractivity contribution in [3.8, 4) is 0 Å². The highest BCUT2D eigenvalue weighted by molar-refractivity contribution is 5.68. The van der Waals surface area contributed by atoms with Gasteiger partial charge in [-0.1, -0.05) is 13.8 Å². The van der Waals surface area contributed by atoms with E-state index < -0.39 is 29.5 Å². The molecule has 1 aromatic carbocycles. The van der Waals surface area contributed by atoms with Crippen LogP contribution in [0, 0.1) is 17.5 Å². The van der Waals surface area contributed by atoms with Crippen LogP contribution in [-0.2, 0) is 4.79 Å². The molecule has 0 spiro atoms. The van der Waals surface area contributed by atoms with Gasteiger partial charge in [0.2, 0.25) is 0 Å². The number of carboxylic acid groups (broad SMARTS) is 1. The first-order valence-corrected chi connectivity index (χ1v) is 6.00. The van der Waals surface area contributed by atoms with Crippen molar-refractivity contribution in [2.75, 3.05) is 13.1 Å². The van der Waals surface area contributed by atoms with E-state index >= 15 is 0 Å². The molecule has 0 aliphatic carbocycles. The normalized spacial score (nSPS) is 12.7. The van der Waals surface area contributed by atoms with Crippen molar-refractivity contribution in [2.24, 2.45) is 0 Å². The van der Waals surface area contributed by atoms with Gasteiger partial charge in [0.05, 0.1) is 6.42 Å². The topological polar surface area (TPSA) is 40.5 Å². The zero-order chi connectivity index (χ0) is 14.6. The number of halogens is 3. The Morgan fingerprint density at radius 2 is 1.68 bits per heavy atom. The molecule has 0 aliphatic rings. The number of nitrogens with zero attached hydrogens (tertiary/aromatic N) is 1. The lowest BCUT2D eigenvalue weighted by atomic mass is 10.0. The van der Waals surface area contributed by atoms with Crippen molar-refractivity contribution in [3.05, 3.63) is 35.1 Å². The predicted molar refractivity (Wildman–Crippen MR) is 64.2 cm³/mol. The second-order valence-electron chi connectivity index (χ2n) is 4.13. The third-order valence-electron chi connectivity index (χ3n) is 3.01. The van der Waals surface area contributed by atoms with E-state index in [4.69, 9.17) is 5.11 Å². The summed E-state index contributed by atoms with van der Waals surface area (Å²) in [6.07, 6.45) is -0.299. The molecule has 1 rings (SSSR count). The van der Waals surface area contributed by atoms with Crippen molar-refractivity contribution in [1.29, 1.82) is 0 Å². The Hall–Kier alpha value is -1.56. The SMILES string of the molecule is CCN(CC)C(CC(=O)O)c1cc(F)c(F)c(F)c1. The summed E-state index contributed by atoms with van der Waals surface area (Å²) in [7, 11) is 0. The molecule has 0 aliphatic heterocycles. The Morgan fingerprint density at radius 1 is 1.21 bits per heavy atom. The van der Waals surface area contributed by atoms with Gasteiger partial charge in [0.25, 0.3) is 0 Å². The number of hydrogen-bond acceptors (Lipinski definition) is 2. The third kappa shape index (κ3) is 3.70. The van der Waals surface area contributed by atoms with E-state index in [-0.39, 0.29) is 12.0 Å². The summed E-state index contributed by atoms with van der Waals surface area (Å²) in [6, 6.07) is 1.02. The highest BCUT2D eigenvalue weighted by atomic mass is 19.2. The molecule has 0 fully saturated rings. The molecular formula is C13H16F3NO2. The van der Waals surface area contributed by atoms with Gasteiger partial charge in [-0.05, 0) is 30.8 Å². The summed E-state index contributed by atoms with van der Waals surface area (Å²) in [6.45, 7) is 4.67. The van der Waals surface area contributed by atoms with Crippen LogP contribution in [0.2, 0.25) is 0 Å². The summed E-state index contributed by atoms with van der Waals surface area (Å²) in [5.41, 5.74) is 0.127. The molecule has 1 N–H and O–H groups in total. The van der Waals surface area contributed by atoms with Crippen LogP contribution >= 0.6 is 0 Å². The van der Waals surface area contributed by atoms with E-state index in [1.165, 1.54) is 0 Å². The van der Waals surface area contributed by atoms with Gasteiger partial charge in [0, 0.05) is 6.04 Å². The standard InChI is InChI=1S/C13H16F3NO2/c1-3-17(4-2)11(7-12(18)19)8-5-9(14)13(16)10(15)6-8/h5-6,11H,3-4,7H2,1-2H3,(H,18,19). The molecule has 0 bridgehead atoms. The lowest BCUT2D eigenvalue weighted by molar-refractivity contribution is -0.138. The smallest absolute Gasteiger partial charge is 0.305 e. The fraction of sp³-hybridized carbons (Fsp3) is 0.462. The van der Waals surface area contributed by atoms with E-state index in [1.807, 2.05) is 13.8 Å². The maximum Gasteiger partial charge on any atom is 0.305 e. The molecule has 1 unspecified atom stereocenters. The van der Waals surface area contributed by atoms with Gasteiger partial charge in [-0.3, -0.25) is 9.69 Å². The Morgan fingerprint density at radius 3 is 2.05 bits per heavy atom. The number of rotatable bonds is 6. The first-order valence-electron chi connectivity index (χ1n) is 6.00. The zero-order valence-corrected chi connectivity index (χ0v) is 10.8. The predicted octanol–water partition coefficient (Wildman–Crippen LogP) is 2.96. The maximum atomic E-state index is 13.2. The highest BCUT2D eigenvalue weighted by Crippen LogP contribution is 2.27. The molecule has 0 amide bonds. The molecule has 1 atom stereocenters. The second kappa shape index (κ2) is 6.56. The summed E-state index contributed by atoms with van der Waals surface area (Å²) < 4.78 is 39.4. The molecule has 0 heterocycles. The molecule has 0 radical (unpaired) electrons. The molecule has 1 aromatic rings. The van der Waals surface area contributed by atoms with Gasteiger partial charge in [-0.2, -0.15) is 0 Å². The number of carboxylic acids is 1. The quantitative estimate of drug-likeness (QED) is 0.811. The van der Waals surface area contributed by atoms with Crippen molar-refractivity contribution in [1.82, 2.24) is 4.90 Å². The average molecular weight is 275 g/mol. The van der Waals surface area contributed by atoms with Gasteiger partial charge in [0.1, 0.15) is 0 Å². The minimum Gasteiger partial charge on any atom is -0.481 e. The molecule has 19 heavy (non-hydrogen) atoms. The van der Waals surface area contributed by atoms with Crippen LogP contribution < -0.4 is 0 Å². The zero-order valence-electron chi connectivity index (χ0n) is 10.8. The van der Waals surface area contributed by atoms with Crippen molar-refractivity contribution in [3.63, 3.8) is 0 Å². The van der Waals surface area contributed by atoms with Gasteiger partial charge >= 0.3 is 5.97 Å². The Balaban J connectivity index is 3.20. The van der Waals surface area contributed by atoms with E-state index in [2.05, 4.69) is 0 Å². The van der Waals surface area contributed by atoms with E-state index in [0.29, 0.717) is 13.1 Å². The molecule has 6 heteroatoms. The number of hydrogen-bond donors (Lipinski definition) is 1. The molecule has 106 valence electrons. The summed E-state index contributed by atoms with van der Waals surface area (Å²) in [5.74, 6) is -5.24. The second-order valence-corrected chi connectivity index (χ2v) is 4.13. The van der Waals surface area contributed by atoms with E-state index in [1.54, 1.807) is 4.90 Å². The highest BCUT2D eigenvalue weighted by Gasteiger charge is 2.23. The minimum absolute atomic E-state index is 0.127. The monoisotopic (exact) mass is 275 g/mol. The van der Waals surface area contributed by atoms with Gasteiger partial charge in [0.15, 0.2) is 17.5 Å². The molecule has 0 aromatic heterocycles. The largest absolute Gasteiger partial charge is 0.481 e. The van der Waals surface area contributed by atoms with Crippen LogP contribution in [0.4, 0.5) is 13.2 Å². The maximum absolute atomic E-state index is 13.2. The average Bonchev–Trinajstić information content (AvgIpc) is 2.35.